The first-order valence-electron chi connectivity index (χ1n) is 9.01. The highest BCUT2D eigenvalue weighted by Gasteiger charge is 2.42. The molecule has 3 amide bonds. The molecule has 2 aliphatic heterocycles. The summed E-state index contributed by atoms with van der Waals surface area (Å²) in [5.74, 6) is 1.04. The molecule has 2 fully saturated rings. The van der Waals surface area contributed by atoms with Gasteiger partial charge in [0.05, 0.1) is 38.5 Å². The molecule has 0 spiro atoms. The molecular formula is C16H30N4O4S. The average molecular weight is 375 g/mol. The van der Waals surface area contributed by atoms with Gasteiger partial charge in [-0.25, -0.2) is 4.79 Å². The number of fused-ring (bicyclic) bond motifs is 1. The minimum absolute atomic E-state index is 0.0483. The molecular weight excluding hydrogens is 344 g/mol. The molecule has 0 aliphatic carbocycles. The van der Waals surface area contributed by atoms with Crippen LogP contribution in [-0.4, -0.2) is 74.5 Å². The second-order valence-corrected chi connectivity index (χ2v) is 7.50. The fourth-order valence-electron chi connectivity index (χ4n) is 3.03. The van der Waals surface area contributed by atoms with Crippen LogP contribution in [0.15, 0.2) is 0 Å². The summed E-state index contributed by atoms with van der Waals surface area (Å²) in [6.07, 6.45) is 3.44. The molecule has 2 saturated heterocycles. The Morgan fingerprint density at radius 3 is 2.80 bits per heavy atom. The maximum absolute atomic E-state index is 11.8. The third-order valence-electron chi connectivity index (χ3n) is 4.28. The third kappa shape index (κ3) is 7.39. The number of thioether (sulfide) groups is 1. The summed E-state index contributed by atoms with van der Waals surface area (Å²) < 4.78 is 10.5. The predicted molar refractivity (Wildman–Crippen MR) is 97.7 cm³/mol. The van der Waals surface area contributed by atoms with Crippen LogP contribution < -0.4 is 21.7 Å². The molecule has 0 aromatic heterocycles. The van der Waals surface area contributed by atoms with E-state index in [4.69, 9.17) is 15.2 Å². The Kier molecular flexibility index (Phi) is 9.38. The summed E-state index contributed by atoms with van der Waals surface area (Å²) in [7, 11) is 0. The summed E-state index contributed by atoms with van der Waals surface area (Å²) in [6, 6.07) is 0.469. The van der Waals surface area contributed by atoms with Crippen molar-refractivity contribution in [3.05, 3.63) is 0 Å². The SMILES string of the molecule is NCCOCCOCCNC(=O)CCCCC1SCC2NC(=O)NC21. The Hall–Kier alpha value is -1.03. The zero-order chi connectivity index (χ0) is 17.9. The molecule has 0 aromatic rings. The summed E-state index contributed by atoms with van der Waals surface area (Å²) in [5.41, 5.74) is 5.30. The zero-order valence-electron chi connectivity index (χ0n) is 14.6. The molecule has 0 aromatic carbocycles. The van der Waals surface area contributed by atoms with Crippen LogP contribution in [0.4, 0.5) is 4.79 Å². The fourth-order valence-corrected chi connectivity index (χ4v) is 4.57. The number of nitrogens with one attached hydrogen (secondary N) is 3. The second kappa shape index (κ2) is 11.6. The molecule has 9 heteroatoms. The first-order chi connectivity index (χ1) is 12.2. The van der Waals surface area contributed by atoms with Crippen molar-refractivity contribution in [1.29, 1.82) is 0 Å². The summed E-state index contributed by atoms with van der Waals surface area (Å²) in [6.45, 7) is 3.12. The van der Waals surface area contributed by atoms with E-state index in [2.05, 4.69) is 16.0 Å². The smallest absolute Gasteiger partial charge is 0.315 e. The van der Waals surface area contributed by atoms with E-state index < -0.39 is 0 Å². The highest BCUT2D eigenvalue weighted by molar-refractivity contribution is 8.00. The van der Waals surface area contributed by atoms with Crippen molar-refractivity contribution in [2.24, 2.45) is 5.73 Å². The van der Waals surface area contributed by atoms with Crippen molar-refractivity contribution in [2.75, 3.05) is 45.3 Å². The molecule has 5 N–H and O–H groups in total. The Bertz CT molecular complexity index is 427. The first-order valence-corrected chi connectivity index (χ1v) is 10.1. The van der Waals surface area contributed by atoms with E-state index in [0.29, 0.717) is 51.2 Å². The van der Waals surface area contributed by atoms with Gasteiger partial charge in [-0.15, -0.1) is 0 Å². The molecule has 2 heterocycles. The number of ether oxygens (including phenoxy) is 2. The van der Waals surface area contributed by atoms with Crippen molar-refractivity contribution in [1.82, 2.24) is 16.0 Å². The van der Waals surface area contributed by atoms with Gasteiger partial charge in [0.15, 0.2) is 0 Å². The molecule has 3 unspecified atom stereocenters. The third-order valence-corrected chi connectivity index (χ3v) is 5.79. The van der Waals surface area contributed by atoms with Crippen molar-refractivity contribution in [3.8, 4) is 0 Å². The highest BCUT2D eigenvalue weighted by Crippen LogP contribution is 2.33. The van der Waals surface area contributed by atoms with Crippen molar-refractivity contribution in [3.63, 3.8) is 0 Å². The topological polar surface area (TPSA) is 115 Å². The zero-order valence-corrected chi connectivity index (χ0v) is 15.4. The number of amides is 3. The van der Waals surface area contributed by atoms with Gasteiger partial charge in [-0.05, 0) is 12.8 Å². The van der Waals surface area contributed by atoms with Gasteiger partial charge in [-0.3, -0.25) is 4.79 Å². The van der Waals surface area contributed by atoms with Crippen LogP contribution >= 0.6 is 11.8 Å². The largest absolute Gasteiger partial charge is 0.378 e. The Morgan fingerprint density at radius 2 is 2.00 bits per heavy atom. The van der Waals surface area contributed by atoms with Crippen LogP contribution in [0.3, 0.4) is 0 Å². The minimum Gasteiger partial charge on any atom is -0.378 e. The lowest BCUT2D eigenvalue weighted by Crippen LogP contribution is -2.36. The number of urea groups is 1. The lowest BCUT2D eigenvalue weighted by molar-refractivity contribution is -0.121. The van der Waals surface area contributed by atoms with Crippen molar-refractivity contribution >= 4 is 23.7 Å². The summed E-state index contributed by atoms with van der Waals surface area (Å²) in [4.78, 5) is 23.1. The van der Waals surface area contributed by atoms with Gasteiger partial charge in [0, 0.05) is 30.5 Å². The van der Waals surface area contributed by atoms with E-state index >= 15 is 0 Å². The first kappa shape index (κ1) is 20.3. The van der Waals surface area contributed by atoms with Crippen LogP contribution in [0, 0.1) is 0 Å². The summed E-state index contributed by atoms with van der Waals surface area (Å²) >= 11 is 1.91. The van der Waals surface area contributed by atoms with Gasteiger partial charge in [0.25, 0.3) is 0 Å². The number of carbonyl (C=O) groups is 2. The van der Waals surface area contributed by atoms with E-state index in [-0.39, 0.29) is 24.0 Å². The monoisotopic (exact) mass is 374 g/mol. The Labute approximate surface area is 153 Å². The van der Waals surface area contributed by atoms with Crippen LogP contribution in [0.25, 0.3) is 0 Å². The van der Waals surface area contributed by atoms with Crippen LogP contribution in [0.2, 0.25) is 0 Å². The van der Waals surface area contributed by atoms with E-state index in [9.17, 15) is 9.59 Å². The molecule has 2 aliphatic rings. The standard InChI is InChI=1S/C16H30N4O4S/c17-5-7-23-9-10-24-8-6-18-14(21)4-2-1-3-13-15-12(11-25-13)19-16(22)20-15/h12-13,15H,1-11,17H2,(H,18,21)(H2,19,20,22). The molecule has 0 radical (unpaired) electrons. The van der Waals surface area contributed by atoms with Gasteiger partial charge in [-0.2, -0.15) is 11.8 Å². The number of nitrogens with two attached hydrogens (primary N) is 1. The molecule has 0 bridgehead atoms. The number of hydrogen-bond acceptors (Lipinski definition) is 6. The van der Waals surface area contributed by atoms with Gasteiger partial charge in [0.2, 0.25) is 5.91 Å². The molecule has 25 heavy (non-hydrogen) atoms. The van der Waals surface area contributed by atoms with Crippen LogP contribution in [0.5, 0.6) is 0 Å². The Morgan fingerprint density at radius 1 is 1.20 bits per heavy atom. The number of hydrogen-bond donors (Lipinski definition) is 4. The van der Waals surface area contributed by atoms with Crippen LogP contribution in [-0.2, 0) is 14.3 Å². The second-order valence-electron chi connectivity index (χ2n) is 6.23. The van der Waals surface area contributed by atoms with Gasteiger partial charge < -0.3 is 31.2 Å². The predicted octanol–water partition coefficient (Wildman–Crippen LogP) is -0.180. The summed E-state index contributed by atoms with van der Waals surface area (Å²) in [5, 5.41) is 9.25. The quantitative estimate of drug-likeness (QED) is 0.263. The van der Waals surface area contributed by atoms with Crippen molar-refractivity contribution in [2.45, 2.75) is 43.0 Å². The molecule has 8 nitrogen and oxygen atoms in total. The number of carbonyl (C=O) groups excluding carboxylic acids is 2. The normalized spacial score (nSPS) is 24.7. The van der Waals surface area contributed by atoms with Gasteiger partial charge in [-0.1, -0.05) is 6.42 Å². The molecule has 0 saturated carbocycles. The molecule has 3 atom stereocenters. The fraction of sp³-hybridized carbons (Fsp3) is 0.875. The van der Waals surface area contributed by atoms with Crippen molar-refractivity contribution < 1.29 is 19.1 Å². The van der Waals surface area contributed by atoms with Gasteiger partial charge >= 0.3 is 6.03 Å². The van der Waals surface area contributed by atoms with E-state index in [0.717, 1.165) is 25.0 Å². The lowest BCUT2D eigenvalue weighted by atomic mass is 10.0. The molecule has 2 rings (SSSR count). The lowest BCUT2D eigenvalue weighted by Gasteiger charge is -2.16. The maximum atomic E-state index is 11.8. The number of unbranched alkanes of at least 4 members (excludes halogenated alkanes) is 1. The molecule has 144 valence electrons. The Balaban J connectivity index is 1.41. The van der Waals surface area contributed by atoms with E-state index in [1.165, 1.54) is 0 Å². The maximum Gasteiger partial charge on any atom is 0.315 e. The minimum atomic E-state index is -0.0483. The van der Waals surface area contributed by atoms with Gasteiger partial charge in [0.1, 0.15) is 0 Å². The highest BCUT2D eigenvalue weighted by atomic mass is 32.2. The average Bonchev–Trinajstić information content (AvgIpc) is 3.13. The van der Waals surface area contributed by atoms with Crippen LogP contribution in [0.1, 0.15) is 25.7 Å². The number of rotatable bonds is 13. The van der Waals surface area contributed by atoms with E-state index in [1.54, 1.807) is 0 Å². The van der Waals surface area contributed by atoms with E-state index in [1.807, 2.05) is 11.8 Å².